The van der Waals surface area contributed by atoms with Crippen LogP contribution in [0.5, 0.6) is 0 Å². The molecule has 0 bridgehead atoms. The Bertz CT molecular complexity index is 880. The first-order valence-corrected chi connectivity index (χ1v) is 9.61. The molecule has 0 unspecified atom stereocenters. The van der Waals surface area contributed by atoms with E-state index in [1.54, 1.807) is 22.6 Å². The van der Waals surface area contributed by atoms with Gasteiger partial charge in [0.15, 0.2) is 5.78 Å². The monoisotopic (exact) mass is 482 g/mol. The molecule has 1 aromatic rings. The van der Waals surface area contributed by atoms with Crippen molar-refractivity contribution in [2.45, 2.75) is 17.7 Å². The molecule has 1 fully saturated rings. The highest BCUT2D eigenvalue weighted by molar-refractivity contribution is 14.1. The SMILES string of the molecule is Nc1c(C(=O)ON2C(=O)CCC2=O)ccc(C(=O)CI)c1S(=O)(=O)O. The van der Waals surface area contributed by atoms with Crippen LogP contribution in [0.3, 0.4) is 0 Å². The van der Waals surface area contributed by atoms with Crippen LogP contribution in [0, 0.1) is 0 Å². The number of hydroxylamine groups is 2. The summed E-state index contributed by atoms with van der Waals surface area (Å²) in [5.41, 5.74) is 3.99. The number of nitrogens with two attached hydrogens (primary N) is 1. The minimum absolute atomic E-state index is 0.0969. The molecule has 0 aliphatic carbocycles. The fourth-order valence-corrected chi connectivity index (χ4v) is 3.40. The van der Waals surface area contributed by atoms with Crippen molar-refractivity contribution in [1.82, 2.24) is 5.06 Å². The highest BCUT2D eigenvalue weighted by Gasteiger charge is 2.34. The summed E-state index contributed by atoms with van der Waals surface area (Å²) in [6.45, 7) is 0. The molecule has 134 valence electrons. The second-order valence-electron chi connectivity index (χ2n) is 4.90. The minimum Gasteiger partial charge on any atom is -0.397 e. The summed E-state index contributed by atoms with van der Waals surface area (Å²) < 4.78 is 32.4. The van der Waals surface area contributed by atoms with Gasteiger partial charge in [0.1, 0.15) is 4.90 Å². The number of alkyl halides is 1. The van der Waals surface area contributed by atoms with Gasteiger partial charge >= 0.3 is 5.97 Å². The molecule has 1 heterocycles. The molecule has 1 aliphatic heterocycles. The minimum atomic E-state index is -4.93. The number of nitrogen functional groups attached to an aromatic ring is 1. The number of carbonyl (C=O) groups excluding carboxylic acids is 4. The molecule has 0 saturated carbocycles. The van der Waals surface area contributed by atoms with Crippen molar-refractivity contribution in [1.29, 1.82) is 0 Å². The molecule has 1 saturated heterocycles. The van der Waals surface area contributed by atoms with E-state index >= 15 is 0 Å². The van der Waals surface area contributed by atoms with Crippen molar-refractivity contribution in [2.75, 3.05) is 10.2 Å². The number of carbonyl (C=O) groups is 4. The third-order valence-corrected chi connectivity index (χ3v) is 4.92. The molecule has 10 nitrogen and oxygen atoms in total. The first kappa shape index (κ1) is 19.3. The quantitative estimate of drug-likeness (QED) is 0.151. The lowest BCUT2D eigenvalue weighted by Crippen LogP contribution is -2.32. The summed E-state index contributed by atoms with van der Waals surface area (Å²) in [7, 11) is -4.93. The number of amides is 2. The Morgan fingerprint density at radius 2 is 1.72 bits per heavy atom. The fraction of sp³-hybridized carbons (Fsp3) is 0.231. The van der Waals surface area contributed by atoms with Crippen LogP contribution in [0.4, 0.5) is 5.69 Å². The number of ketones is 1. The van der Waals surface area contributed by atoms with E-state index < -0.39 is 49.8 Å². The molecule has 25 heavy (non-hydrogen) atoms. The van der Waals surface area contributed by atoms with Gasteiger partial charge in [-0.25, -0.2) is 4.79 Å². The van der Waals surface area contributed by atoms with Crippen LogP contribution in [0.15, 0.2) is 17.0 Å². The zero-order chi connectivity index (χ0) is 18.9. The third kappa shape index (κ3) is 3.80. The Labute approximate surface area is 155 Å². The summed E-state index contributed by atoms with van der Waals surface area (Å²) in [6, 6.07) is 2.00. The number of halogens is 1. The van der Waals surface area contributed by atoms with E-state index in [1.165, 1.54) is 0 Å². The van der Waals surface area contributed by atoms with Gasteiger partial charge in [-0.1, -0.05) is 22.6 Å². The van der Waals surface area contributed by atoms with Crippen molar-refractivity contribution in [3.63, 3.8) is 0 Å². The third-order valence-electron chi connectivity index (χ3n) is 3.28. The Balaban J connectivity index is 2.49. The van der Waals surface area contributed by atoms with Gasteiger partial charge in [-0.05, 0) is 12.1 Å². The van der Waals surface area contributed by atoms with Gasteiger partial charge in [0, 0.05) is 18.4 Å². The average molecular weight is 482 g/mol. The standard InChI is InChI=1S/C13H11IN2O8S/c14-5-8(17)6-1-2-7(11(15)12(6)25(21,22)23)13(20)24-16-9(18)3-4-10(16)19/h1-2H,3-5,15H2,(H,21,22,23). The van der Waals surface area contributed by atoms with E-state index in [4.69, 9.17) is 5.73 Å². The van der Waals surface area contributed by atoms with E-state index in [1.807, 2.05) is 0 Å². The number of imide groups is 1. The van der Waals surface area contributed by atoms with Gasteiger partial charge in [-0.15, -0.1) is 5.06 Å². The first-order chi connectivity index (χ1) is 11.6. The maximum atomic E-state index is 12.1. The van der Waals surface area contributed by atoms with Gasteiger partial charge in [-0.2, -0.15) is 8.42 Å². The lowest BCUT2D eigenvalue weighted by Gasteiger charge is -2.15. The molecule has 12 heteroatoms. The number of hydrogen-bond acceptors (Lipinski definition) is 8. The highest BCUT2D eigenvalue weighted by atomic mass is 127. The fourth-order valence-electron chi connectivity index (χ4n) is 2.14. The molecule has 1 aromatic carbocycles. The van der Waals surface area contributed by atoms with E-state index in [0.717, 1.165) is 12.1 Å². The molecule has 0 spiro atoms. The van der Waals surface area contributed by atoms with Gasteiger partial charge in [-0.3, -0.25) is 18.9 Å². The molecule has 0 aromatic heterocycles. The second-order valence-corrected chi connectivity index (χ2v) is 7.02. The predicted molar refractivity (Wildman–Crippen MR) is 90.4 cm³/mol. The Kier molecular flexibility index (Phi) is 5.43. The van der Waals surface area contributed by atoms with Crippen molar-refractivity contribution >= 4 is 62.0 Å². The first-order valence-electron chi connectivity index (χ1n) is 6.65. The van der Waals surface area contributed by atoms with Crippen LogP contribution in [0.2, 0.25) is 0 Å². The van der Waals surface area contributed by atoms with Crippen LogP contribution < -0.4 is 5.73 Å². The lowest BCUT2D eigenvalue weighted by molar-refractivity contribution is -0.172. The summed E-state index contributed by atoms with van der Waals surface area (Å²) in [5, 5.41) is 0.263. The highest BCUT2D eigenvalue weighted by Crippen LogP contribution is 2.28. The maximum Gasteiger partial charge on any atom is 0.366 e. The molecular formula is C13H11IN2O8S. The number of anilines is 1. The summed E-state index contributed by atoms with van der Waals surface area (Å²) in [5.74, 6) is -3.38. The smallest absolute Gasteiger partial charge is 0.366 e. The molecule has 3 N–H and O–H groups in total. The Hall–Kier alpha value is -2.06. The van der Waals surface area contributed by atoms with E-state index in [-0.39, 0.29) is 27.9 Å². The second kappa shape index (κ2) is 7.05. The largest absolute Gasteiger partial charge is 0.397 e. The van der Waals surface area contributed by atoms with E-state index in [2.05, 4.69) is 4.84 Å². The number of benzene rings is 1. The molecule has 0 atom stereocenters. The van der Waals surface area contributed by atoms with Gasteiger partial charge < -0.3 is 10.6 Å². The number of nitrogens with zero attached hydrogens (tertiary/aromatic N) is 1. The van der Waals surface area contributed by atoms with Crippen LogP contribution in [-0.2, 0) is 24.5 Å². The van der Waals surface area contributed by atoms with Crippen LogP contribution in [0.25, 0.3) is 0 Å². The van der Waals surface area contributed by atoms with Gasteiger partial charge in [0.05, 0.1) is 15.7 Å². The summed E-state index contributed by atoms with van der Waals surface area (Å²) >= 11 is 1.69. The lowest BCUT2D eigenvalue weighted by atomic mass is 10.1. The molecule has 1 aliphatic rings. The van der Waals surface area contributed by atoms with Crippen molar-refractivity contribution in [3.8, 4) is 0 Å². The average Bonchev–Trinajstić information content (AvgIpc) is 2.84. The van der Waals surface area contributed by atoms with Crippen LogP contribution in [-0.4, -0.2) is 46.0 Å². The van der Waals surface area contributed by atoms with E-state index in [9.17, 15) is 32.1 Å². The molecule has 2 amide bonds. The van der Waals surface area contributed by atoms with E-state index in [0.29, 0.717) is 0 Å². The van der Waals surface area contributed by atoms with Crippen LogP contribution in [0.1, 0.15) is 33.6 Å². The normalized spacial score (nSPS) is 14.7. The topological polar surface area (TPSA) is 161 Å². The molecular weight excluding hydrogens is 471 g/mol. The van der Waals surface area contributed by atoms with Crippen molar-refractivity contribution < 1.29 is 37.0 Å². The summed E-state index contributed by atoms with van der Waals surface area (Å²) in [4.78, 5) is 50.6. The predicted octanol–water partition coefficient (Wildman–Crippen LogP) is 0.354. The Morgan fingerprint density at radius 1 is 1.20 bits per heavy atom. The summed E-state index contributed by atoms with van der Waals surface area (Å²) in [6.07, 6.45) is -0.248. The van der Waals surface area contributed by atoms with Gasteiger partial charge in [0.2, 0.25) is 0 Å². The number of Topliss-reactive ketones (excluding diaryl/α,β-unsaturated/α-hetero) is 1. The van der Waals surface area contributed by atoms with Crippen LogP contribution >= 0.6 is 22.6 Å². The zero-order valence-electron chi connectivity index (χ0n) is 12.4. The zero-order valence-corrected chi connectivity index (χ0v) is 15.4. The van der Waals surface area contributed by atoms with Gasteiger partial charge in [0.25, 0.3) is 21.9 Å². The maximum absolute atomic E-state index is 12.1. The Morgan fingerprint density at radius 3 is 2.20 bits per heavy atom. The van der Waals surface area contributed by atoms with Crippen molar-refractivity contribution in [2.24, 2.45) is 0 Å². The number of rotatable bonds is 5. The number of hydrogen-bond donors (Lipinski definition) is 2. The molecule has 2 rings (SSSR count). The molecule has 0 radical (unpaired) electrons. The van der Waals surface area contributed by atoms with Crippen molar-refractivity contribution in [3.05, 3.63) is 23.3 Å².